The van der Waals surface area contributed by atoms with Crippen LogP contribution >= 0.6 is 31.9 Å². The van der Waals surface area contributed by atoms with Crippen LogP contribution in [0.3, 0.4) is 0 Å². The molecule has 2 aromatic carbocycles. The van der Waals surface area contributed by atoms with Gasteiger partial charge in [0, 0.05) is 15.0 Å². The zero-order valence-corrected chi connectivity index (χ0v) is 13.4. The molecule has 0 saturated carbocycles. The van der Waals surface area contributed by atoms with Gasteiger partial charge in [0.15, 0.2) is 5.82 Å². The standard InChI is InChI=1S/C13H8Br2FNO3/c1-7-2-3-11(17(18)19)13(12(7)16)20-10-5-8(14)4-9(15)6-10/h2-6H,1H3. The lowest BCUT2D eigenvalue weighted by Crippen LogP contribution is -1.98. The van der Waals surface area contributed by atoms with Gasteiger partial charge >= 0.3 is 5.69 Å². The van der Waals surface area contributed by atoms with Crippen molar-refractivity contribution in [3.05, 3.63) is 60.8 Å². The molecule has 2 aromatic rings. The Hall–Kier alpha value is -1.47. The third-order valence-corrected chi connectivity index (χ3v) is 3.44. The molecule has 0 fully saturated rings. The van der Waals surface area contributed by atoms with E-state index in [4.69, 9.17) is 4.74 Å². The number of nitro benzene ring substituents is 1. The second kappa shape index (κ2) is 5.88. The lowest BCUT2D eigenvalue weighted by atomic mass is 10.2. The number of rotatable bonds is 3. The highest BCUT2D eigenvalue weighted by molar-refractivity contribution is 9.11. The zero-order valence-electron chi connectivity index (χ0n) is 10.2. The Balaban J connectivity index is 2.52. The highest BCUT2D eigenvalue weighted by Gasteiger charge is 2.22. The molecule has 0 atom stereocenters. The molecule has 0 aliphatic rings. The first-order valence-electron chi connectivity index (χ1n) is 5.46. The topological polar surface area (TPSA) is 52.4 Å². The van der Waals surface area contributed by atoms with Crippen LogP contribution < -0.4 is 4.74 Å². The van der Waals surface area contributed by atoms with E-state index in [2.05, 4.69) is 31.9 Å². The third-order valence-electron chi connectivity index (χ3n) is 2.52. The molecule has 0 bridgehead atoms. The fourth-order valence-electron chi connectivity index (χ4n) is 1.59. The minimum atomic E-state index is -0.740. The fraction of sp³-hybridized carbons (Fsp3) is 0.0769. The molecule has 0 aliphatic heterocycles. The van der Waals surface area contributed by atoms with Crippen molar-refractivity contribution in [3.8, 4) is 11.5 Å². The Bertz CT molecular complexity index is 671. The van der Waals surface area contributed by atoms with E-state index in [9.17, 15) is 14.5 Å². The normalized spacial score (nSPS) is 10.4. The monoisotopic (exact) mass is 403 g/mol. The summed E-state index contributed by atoms with van der Waals surface area (Å²) in [6.07, 6.45) is 0. The number of halogens is 3. The zero-order chi connectivity index (χ0) is 14.9. The predicted octanol–water partition coefficient (Wildman–Crippen LogP) is 5.36. The first kappa shape index (κ1) is 14.9. The van der Waals surface area contributed by atoms with Gasteiger partial charge in [0.25, 0.3) is 0 Å². The molecule has 2 rings (SSSR count). The van der Waals surface area contributed by atoms with Crippen molar-refractivity contribution in [2.45, 2.75) is 6.92 Å². The van der Waals surface area contributed by atoms with Gasteiger partial charge in [-0.3, -0.25) is 10.1 Å². The summed E-state index contributed by atoms with van der Waals surface area (Å²) < 4.78 is 20.8. The number of benzene rings is 2. The maximum Gasteiger partial charge on any atom is 0.314 e. The van der Waals surface area contributed by atoms with E-state index in [1.807, 2.05) is 0 Å². The average molecular weight is 405 g/mol. The quantitative estimate of drug-likeness (QED) is 0.511. The molecule has 0 N–H and O–H groups in total. The largest absolute Gasteiger partial charge is 0.447 e. The molecule has 0 aromatic heterocycles. The Kier molecular flexibility index (Phi) is 4.39. The van der Waals surface area contributed by atoms with E-state index in [0.29, 0.717) is 14.7 Å². The lowest BCUT2D eigenvalue weighted by molar-refractivity contribution is -0.385. The van der Waals surface area contributed by atoms with E-state index in [-0.39, 0.29) is 11.3 Å². The molecular formula is C13H8Br2FNO3. The van der Waals surface area contributed by atoms with Crippen LogP contribution in [0.15, 0.2) is 39.3 Å². The van der Waals surface area contributed by atoms with E-state index in [0.717, 1.165) is 0 Å². The molecule has 0 amide bonds. The van der Waals surface area contributed by atoms with E-state index in [1.165, 1.54) is 19.1 Å². The molecule has 104 valence electrons. The number of hydrogen-bond acceptors (Lipinski definition) is 3. The van der Waals surface area contributed by atoms with Crippen molar-refractivity contribution >= 4 is 37.5 Å². The van der Waals surface area contributed by atoms with Gasteiger partial charge in [-0.05, 0) is 36.8 Å². The summed E-state index contributed by atoms with van der Waals surface area (Å²) in [5.41, 5.74) is -0.135. The minimum Gasteiger partial charge on any atom is -0.447 e. The van der Waals surface area contributed by atoms with Crippen molar-refractivity contribution in [2.75, 3.05) is 0 Å². The number of ether oxygens (including phenoxy) is 1. The molecule has 0 saturated heterocycles. The van der Waals surface area contributed by atoms with Crippen LogP contribution in [-0.2, 0) is 0 Å². The molecular weight excluding hydrogens is 397 g/mol. The molecule has 20 heavy (non-hydrogen) atoms. The molecule has 0 heterocycles. The van der Waals surface area contributed by atoms with E-state index in [1.54, 1.807) is 18.2 Å². The van der Waals surface area contributed by atoms with Crippen molar-refractivity contribution in [3.63, 3.8) is 0 Å². The summed E-state index contributed by atoms with van der Waals surface area (Å²) in [5, 5.41) is 10.9. The summed E-state index contributed by atoms with van der Waals surface area (Å²) in [4.78, 5) is 10.3. The van der Waals surface area contributed by atoms with Crippen LogP contribution in [0.1, 0.15) is 5.56 Å². The van der Waals surface area contributed by atoms with Crippen LogP contribution in [0.25, 0.3) is 0 Å². The second-order valence-corrected chi connectivity index (χ2v) is 5.84. The maximum atomic E-state index is 14.1. The summed E-state index contributed by atoms with van der Waals surface area (Å²) in [6, 6.07) is 7.53. The summed E-state index contributed by atoms with van der Waals surface area (Å²) >= 11 is 6.54. The number of nitro groups is 1. The van der Waals surface area contributed by atoms with Gasteiger partial charge < -0.3 is 4.74 Å². The Labute approximate surface area is 131 Å². The Morgan fingerprint density at radius 3 is 2.35 bits per heavy atom. The average Bonchev–Trinajstić information content (AvgIpc) is 2.33. The SMILES string of the molecule is Cc1ccc([N+](=O)[O-])c(Oc2cc(Br)cc(Br)c2)c1F. The van der Waals surface area contributed by atoms with Gasteiger partial charge in [-0.25, -0.2) is 4.39 Å². The van der Waals surface area contributed by atoms with Gasteiger partial charge in [0.05, 0.1) is 4.92 Å². The molecule has 0 spiro atoms. The van der Waals surface area contributed by atoms with Gasteiger partial charge in [-0.2, -0.15) is 0 Å². The molecule has 4 nitrogen and oxygen atoms in total. The molecule has 0 aliphatic carbocycles. The second-order valence-electron chi connectivity index (χ2n) is 4.01. The van der Waals surface area contributed by atoms with Crippen LogP contribution in [0.2, 0.25) is 0 Å². The van der Waals surface area contributed by atoms with Crippen LogP contribution in [0.5, 0.6) is 11.5 Å². The van der Waals surface area contributed by atoms with Crippen molar-refractivity contribution in [2.24, 2.45) is 0 Å². The fourth-order valence-corrected chi connectivity index (χ4v) is 2.84. The van der Waals surface area contributed by atoms with Gasteiger partial charge in [-0.1, -0.05) is 31.9 Å². The third kappa shape index (κ3) is 3.16. The van der Waals surface area contributed by atoms with Crippen LogP contribution in [0, 0.1) is 22.9 Å². The smallest absolute Gasteiger partial charge is 0.314 e. The summed E-state index contributed by atoms with van der Waals surface area (Å²) in [7, 11) is 0. The lowest BCUT2D eigenvalue weighted by Gasteiger charge is -2.09. The van der Waals surface area contributed by atoms with Crippen molar-refractivity contribution in [1.29, 1.82) is 0 Å². The summed E-state index contributed by atoms with van der Waals surface area (Å²) in [5.74, 6) is -0.839. The van der Waals surface area contributed by atoms with Gasteiger partial charge in [0.1, 0.15) is 5.75 Å². The minimum absolute atomic E-state index is 0.277. The Morgan fingerprint density at radius 2 is 1.80 bits per heavy atom. The number of aryl methyl sites for hydroxylation is 1. The Morgan fingerprint density at radius 1 is 1.20 bits per heavy atom. The summed E-state index contributed by atoms with van der Waals surface area (Å²) in [6.45, 7) is 1.52. The predicted molar refractivity (Wildman–Crippen MR) is 79.7 cm³/mol. The van der Waals surface area contributed by atoms with E-state index >= 15 is 0 Å². The van der Waals surface area contributed by atoms with Crippen molar-refractivity contribution < 1.29 is 14.1 Å². The first-order chi connectivity index (χ1) is 9.38. The maximum absolute atomic E-state index is 14.1. The molecule has 7 heteroatoms. The van der Waals surface area contributed by atoms with Gasteiger partial charge in [0.2, 0.25) is 5.75 Å². The number of nitrogens with zero attached hydrogens (tertiary/aromatic N) is 1. The van der Waals surface area contributed by atoms with E-state index < -0.39 is 16.4 Å². The first-order valence-corrected chi connectivity index (χ1v) is 7.04. The van der Waals surface area contributed by atoms with Crippen LogP contribution in [0.4, 0.5) is 10.1 Å². The molecule has 0 unspecified atom stereocenters. The highest BCUT2D eigenvalue weighted by atomic mass is 79.9. The highest BCUT2D eigenvalue weighted by Crippen LogP contribution is 2.37. The van der Waals surface area contributed by atoms with Crippen LogP contribution in [-0.4, -0.2) is 4.92 Å². The number of hydrogen-bond donors (Lipinski definition) is 0. The molecule has 0 radical (unpaired) electrons. The van der Waals surface area contributed by atoms with Crippen molar-refractivity contribution in [1.82, 2.24) is 0 Å². The van der Waals surface area contributed by atoms with Gasteiger partial charge in [-0.15, -0.1) is 0 Å².